The van der Waals surface area contributed by atoms with Crippen LogP contribution in [0.15, 0.2) is 24.3 Å². The highest BCUT2D eigenvalue weighted by Crippen LogP contribution is 2.26. The minimum Gasteiger partial charge on any atom is -0.387 e. The van der Waals surface area contributed by atoms with Crippen molar-refractivity contribution in [1.82, 2.24) is 4.90 Å². The summed E-state index contributed by atoms with van der Waals surface area (Å²) < 4.78 is 6.25. The van der Waals surface area contributed by atoms with Crippen molar-refractivity contribution in [1.29, 1.82) is 0 Å². The molecule has 3 rings (SSSR count). The van der Waals surface area contributed by atoms with Crippen LogP contribution in [0.3, 0.4) is 0 Å². The molecule has 1 atom stereocenters. The number of nitrogens with zero attached hydrogens (tertiary/aromatic N) is 2. The second-order valence-corrected chi connectivity index (χ2v) is 7.26. The van der Waals surface area contributed by atoms with Gasteiger partial charge in [-0.2, -0.15) is 0 Å². The Morgan fingerprint density at radius 3 is 2.52 bits per heavy atom. The van der Waals surface area contributed by atoms with E-state index in [4.69, 9.17) is 4.74 Å². The lowest BCUT2D eigenvalue weighted by molar-refractivity contribution is -0.385. The zero-order chi connectivity index (χ0) is 17.6. The molecule has 0 spiro atoms. The summed E-state index contributed by atoms with van der Waals surface area (Å²) in [6.07, 6.45) is 8.41. The summed E-state index contributed by atoms with van der Waals surface area (Å²) in [5.74, 6) is 0. The highest BCUT2D eigenvalue weighted by atomic mass is 16.6. The van der Waals surface area contributed by atoms with E-state index in [9.17, 15) is 15.2 Å². The fraction of sp³-hybridized carbons (Fsp3) is 0.684. The van der Waals surface area contributed by atoms with Crippen LogP contribution in [0.25, 0.3) is 0 Å². The van der Waals surface area contributed by atoms with Gasteiger partial charge in [0.05, 0.1) is 23.2 Å². The topological polar surface area (TPSA) is 75.8 Å². The number of benzene rings is 1. The molecule has 1 aliphatic heterocycles. The predicted octanol–water partition coefficient (Wildman–Crippen LogP) is 3.44. The summed E-state index contributed by atoms with van der Waals surface area (Å²) >= 11 is 0. The summed E-state index contributed by atoms with van der Waals surface area (Å²) in [6.45, 7) is 2.32. The van der Waals surface area contributed by atoms with Crippen molar-refractivity contribution in [3.63, 3.8) is 0 Å². The predicted molar refractivity (Wildman–Crippen MR) is 95.5 cm³/mol. The van der Waals surface area contributed by atoms with Gasteiger partial charge in [0.1, 0.15) is 0 Å². The van der Waals surface area contributed by atoms with Gasteiger partial charge in [0.2, 0.25) is 0 Å². The lowest BCUT2D eigenvalue weighted by atomic mass is 9.97. The molecule has 0 aromatic heterocycles. The number of piperidine rings is 1. The lowest BCUT2D eigenvalue weighted by Gasteiger charge is -2.35. The molecule has 1 saturated carbocycles. The molecule has 1 aliphatic carbocycles. The molecule has 1 heterocycles. The van der Waals surface area contributed by atoms with Crippen molar-refractivity contribution in [3.8, 4) is 0 Å². The first-order chi connectivity index (χ1) is 12.1. The number of hydrogen-bond donors (Lipinski definition) is 1. The molecule has 0 unspecified atom stereocenters. The number of non-ortho nitro benzene ring substituents is 1. The van der Waals surface area contributed by atoms with E-state index < -0.39 is 11.0 Å². The Labute approximate surface area is 148 Å². The van der Waals surface area contributed by atoms with E-state index in [1.807, 2.05) is 0 Å². The van der Waals surface area contributed by atoms with Gasteiger partial charge in [-0.25, -0.2) is 0 Å². The number of nitro groups is 1. The molecule has 1 aromatic rings. The third-order valence-corrected chi connectivity index (χ3v) is 5.37. The molecule has 1 saturated heterocycles. The van der Waals surface area contributed by atoms with Gasteiger partial charge in [-0.3, -0.25) is 10.1 Å². The number of rotatable bonds is 6. The number of hydrogen-bond acceptors (Lipinski definition) is 5. The highest BCUT2D eigenvalue weighted by Gasteiger charge is 2.25. The Bertz CT molecular complexity index is 566. The van der Waals surface area contributed by atoms with Crippen LogP contribution in [-0.4, -0.2) is 46.8 Å². The first-order valence-corrected chi connectivity index (χ1v) is 9.42. The van der Waals surface area contributed by atoms with E-state index in [2.05, 4.69) is 4.90 Å². The van der Waals surface area contributed by atoms with Crippen molar-refractivity contribution >= 4 is 5.69 Å². The summed E-state index contributed by atoms with van der Waals surface area (Å²) in [6, 6.07) is 6.28. The number of aliphatic hydroxyl groups excluding tert-OH is 1. The van der Waals surface area contributed by atoms with Gasteiger partial charge < -0.3 is 14.7 Å². The van der Waals surface area contributed by atoms with Gasteiger partial charge in [0.15, 0.2) is 0 Å². The molecule has 0 bridgehead atoms. The summed E-state index contributed by atoms with van der Waals surface area (Å²) in [7, 11) is 0. The normalized spacial score (nSPS) is 22.0. The van der Waals surface area contributed by atoms with Crippen molar-refractivity contribution in [3.05, 3.63) is 39.9 Å². The van der Waals surface area contributed by atoms with Crippen molar-refractivity contribution < 1.29 is 14.8 Å². The van der Waals surface area contributed by atoms with Gasteiger partial charge >= 0.3 is 0 Å². The summed E-state index contributed by atoms with van der Waals surface area (Å²) in [5.41, 5.74) is 0.630. The average Bonchev–Trinajstić information content (AvgIpc) is 2.64. The van der Waals surface area contributed by atoms with E-state index in [0.29, 0.717) is 24.3 Å². The molecule has 6 nitrogen and oxygen atoms in total. The van der Waals surface area contributed by atoms with Crippen LogP contribution < -0.4 is 0 Å². The molecule has 2 aliphatic rings. The van der Waals surface area contributed by atoms with E-state index >= 15 is 0 Å². The first-order valence-electron chi connectivity index (χ1n) is 9.42. The first kappa shape index (κ1) is 18.3. The molecule has 2 fully saturated rings. The summed E-state index contributed by atoms with van der Waals surface area (Å²) in [4.78, 5) is 12.7. The molecule has 6 heteroatoms. The third-order valence-electron chi connectivity index (χ3n) is 5.37. The van der Waals surface area contributed by atoms with Crippen LogP contribution in [0, 0.1) is 10.1 Å². The number of β-amino-alcohol motifs (C(OH)–C–C–N with tert-alkyl or cyclic N) is 1. The van der Waals surface area contributed by atoms with Crippen molar-refractivity contribution in [2.24, 2.45) is 0 Å². The van der Waals surface area contributed by atoms with Crippen LogP contribution in [0.1, 0.15) is 56.6 Å². The standard InChI is InChI=1S/C19H28N2O4/c22-19(15-5-4-6-16(13-15)21(23)24)14-20-11-9-18(10-12-20)25-17-7-2-1-3-8-17/h4-6,13,17-19,22H,1-3,7-12,14H2/t19-/m1/s1. The molecule has 138 valence electrons. The van der Waals surface area contributed by atoms with E-state index in [1.54, 1.807) is 12.1 Å². The van der Waals surface area contributed by atoms with Crippen LogP contribution in [0.5, 0.6) is 0 Å². The fourth-order valence-electron chi connectivity index (χ4n) is 3.90. The number of nitro benzene ring substituents is 1. The molecule has 1 aromatic carbocycles. The van der Waals surface area contributed by atoms with Gasteiger partial charge in [0, 0.05) is 31.8 Å². The molecule has 1 N–H and O–H groups in total. The maximum Gasteiger partial charge on any atom is 0.269 e. The van der Waals surface area contributed by atoms with E-state index in [0.717, 1.165) is 25.9 Å². The molecule has 0 amide bonds. The zero-order valence-corrected chi connectivity index (χ0v) is 14.7. The maximum atomic E-state index is 10.9. The minimum atomic E-state index is -0.698. The Morgan fingerprint density at radius 2 is 1.84 bits per heavy atom. The lowest BCUT2D eigenvalue weighted by Crippen LogP contribution is -2.40. The van der Waals surface area contributed by atoms with Crippen LogP contribution in [0.4, 0.5) is 5.69 Å². The Kier molecular flexibility index (Phi) is 6.39. The largest absolute Gasteiger partial charge is 0.387 e. The van der Waals surface area contributed by atoms with Crippen LogP contribution >= 0.6 is 0 Å². The fourth-order valence-corrected chi connectivity index (χ4v) is 3.90. The van der Waals surface area contributed by atoms with Crippen molar-refractivity contribution in [2.45, 2.75) is 63.3 Å². The second kappa shape index (κ2) is 8.74. The van der Waals surface area contributed by atoms with Gasteiger partial charge in [-0.15, -0.1) is 0 Å². The number of aliphatic hydroxyl groups is 1. The third kappa shape index (κ3) is 5.23. The summed E-state index contributed by atoms with van der Waals surface area (Å²) in [5, 5.41) is 21.3. The number of likely N-dealkylation sites (tertiary alicyclic amines) is 1. The molecular weight excluding hydrogens is 320 g/mol. The maximum absolute atomic E-state index is 10.9. The van der Waals surface area contributed by atoms with Gasteiger partial charge in [-0.1, -0.05) is 31.4 Å². The Hall–Kier alpha value is -1.50. The van der Waals surface area contributed by atoms with Gasteiger partial charge in [-0.05, 0) is 31.2 Å². The minimum absolute atomic E-state index is 0.0242. The number of ether oxygens (including phenoxy) is 1. The van der Waals surface area contributed by atoms with Gasteiger partial charge in [0.25, 0.3) is 5.69 Å². The van der Waals surface area contributed by atoms with E-state index in [-0.39, 0.29) is 5.69 Å². The molecular formula is C19H28N2O4. The van der Waals surface area contributed by atoms with Crippen LogP contribution in [-0.2, 0) is 4.74 Å². The monoisotopic (exact) mass is 348 g/mol. The Morgan fingerprint density at radius 1 is 1.16 bits per heavy atom. The molecule has 25 heavy (non-hydrogen) atoms. The second-order valence-electron chi connectivity index (χ2n) is 7.26. The quantitative estimate of drug-likeness (QED) is 0.629. The van der Waals surface area contributed by atoms with Crippen LogP contribution in [0.2, 0.25) is 0 Å². The molecule has 0 radical (unpaired) electrons. The SMILES string of the molecule is O=[N+]([O-])c1cccc([C@H](O)CN2CCC(OC3CCCCC3)CC2)c1. The smallest absolute Gasteiger partial charge is 0.269 e. The zero-order valence-electron chi connectivity index (χ0n) is 14.7. The average molecular weight is 348 g/mol. The Balaban J connectivity index is 1.45. The van der Waals surface area contributed by atoms with Crippen molar-refractivity contribution in [2.75, 3.05) is 19.6 Å². The highest BCUT2D eigenvalue weighted by molar-refractivity contribution is 5.35. The van der Waals surface area contributed by atoms with E-state index in [1.165, 1.54) is 44.2 Å².